The van der Waals surface area contributed by atoms with Crippen molar-refractivity contribution in [3.8, 4) is 22.5 Å². The van der Waals surface area contributed by atoms with Gasteiger partial charge in [0.1, 0.15) is 0 Å². The fourth-order valence-electron chi connectivity index (χ4n) is 6.45. The summed E-state index contributed by atoms with van der Waals surface area (Å²) in [6, 6.07) is 48.8. The summed E-state index contributed by atoms with van der Waals surface area (Å²) in [6.07, 6.45) is 0. The number of para-hydroxylation sites is 2. The second-order valence-corrected chi connectivity index (χ2v) is 10.8. The molecule has 0 radical (unpaired) electrons. The summed E-state index contributed by atoms with van der Waals surface area (Å²) in [5.41, 5.74) is 12.2. The second kappa shape index (κ2) is 8.72. The third kappa shape index (κ3) is 3.36. The zero-order chi connectivity index (χ0) is 26.8. The topological polar surface area (TPSA) is 9.86 Å². The fraction of sp³-hybridized carbons (Fsp3) is 0.0526. The molecule has 0 bridgehead atoms. The molecular formula is C38H28N2. The lowest BCUT2D eigenvalue weighted by atomic mass is 10.0. The van der Waals surface area contributed by atoms with Gasteiger partial charge in [-0.25, -0.2) is 0 Å². The molecule has 0 unspecified atom stereocenters. The molecule has 0 atom stereocenters. The average molecular weight is 513 g/mol. The average Bonchev–Trinajstić information content (AvgIpc) is 3.50. The molecule has 8 rings (SSSR count). The molecule has 0 saturated heterocycles. The van der Waals surface area contributed by atoms with E-state index in [1.165, 1.54) is 77.2 Å². The predicted octanol–water partition coefficient (Wildman–Crippen LogP) is 10.2. The lowest BCUT2D eigenvalue weighted by molar-refractivity contribution is 1.14. The van der Waals surface area contributed by atoms with Crippen LogP contribution in [0.3, 0.4) is 0 Å². The van der Waals surface area contributed by atoms with Gasteiger partial charge < -0.3 is 9.13 Å². The van der Waals surface area contributed by atoms with Gasteiger partial charge >= 0.3 is 0 Å². The van der Waals surface area contributed by atoms with Gasteiger partial charge in [0.25, 0.3) is 0 Å². The molecule has 2 heteroatoms. The van der Waals surface area contributed by atoms with Gasteiger partial charge in [0, 0.05) is 32.9 Å². The molecule has 8 aromatic rings. The molecule has 0 spiro atoms. The SMILES string of the molecule is Cc1cccc(-c2cccc(-n3c4ccccc4c4ccc5c6ccccc6n(-c6cccc(C)c6)c5c43)c2)c1. The molecule has 0 aliphatic carbocycles. The van der Waals surface area contributed by atoms with E-state index < -0.39 is 0 Å². The molecular weight excluding hydrogens is 484 g/mol. The molecule has 2 aromatic heterocycles. The Kier molecular flexibility index (Phi) is 4.99. The number of aromatic nitrogens is 2. The largest absolute Gasteiger partial charge is 0.307 e. The molecule has 0 aliphatic heterocycles. The number of rotatable bonds is 3. The monoisotopic (exact) mass is 512 g/mol. The minimum absolute atomic E-state index is 1.17. The van der Waals surface area contributed by atoms with Crippen molar-refractivity contribution < 1.29 is 0 Å². The zero-order valence-electron chi connectivity index (χ0n) is 22.6. The summed E-state index contributed by atoms with van der Waals surface area (Å²) in [7, 11) is 0. The van der Waals surface area contributed by atoms with Crippen LogP contribution < -0.4 is 0 Å². The summed E-state index contributed by atoms with van der Waals surface area (Å²) in [5, 5.41) is 5.07. The van der Waals surface area contributed by atoms with Crippen LogP contribution in [0.2, 0.25) is 0 Å². The summed E-state index contributed by atoms with van der Waals surface area (Å²) >= 11 is 0. The quantitative estimate of drug-likeness (QED) is 0.223. The van der Waals surface area contributed by atoms with Crippen molar-refractivity contribution in [2.45, 2.75) is 13.8 Å². The Balaban J connectivity index is 1.56. The normalized spacial score (nSPS) is 11.8. The van der Waals surface area contributed by atoms with Gasteiger partial charge in [0.2, 0.25) is 0 Å². The third-order valence-electron chi connectivity index (χ3n) is 8.18. The smallest absolute Gasteiger partial charge is 0.0788 e. The lowest BCUT2D eigenvalue weighted by Crippen LogP contribution is -1.99. The Morgan fingerprint density at radius 1 is 0.375 bits per heavy atom. The number of fused-ring (bicyclic) bond motifs is 7. The second-order valence-electron chi connectivity index (χ2n) is 10.8. The highest BCUT2D eigenvalue weighted by atomic mass is 15.0. The molecule has 0 aliphatic rings. The van der Waals surface area contributed by atoms with E-state index in [9.17, 15) is 0 Å². The third-order valence-corrected chi connectivity index (χ3v) is 8.18. The van der Waals surface area contributed by atoms with Gasteiger partial charge in [-0.1, -0.05) is 103 Å². The van der Waals surface area contributed by atoms with Crippen LogP contribution in [0, 0.1) is 13.8 Å². The molecule has 40 heavy (non-hydrogen) atoms. The van der Waals surface area contributed by atoms with Crippen LogP contribution in [-0.2, 0) is 0 Å². The number of hydrogen-bond acceptors (Lipinski definition) is 0. The highest BCUT2D eigenvalue weighted by molar-refractivity contribution is 6.23. The van der Waals surface area contributed by atoms with Crippen molar-refractivity contribution in [2.24, 2.45) is 0 Å². The minimum atomic E-state index is 1.17. The Bertz CT molecular complexity index is 2240. The Morgan fingerprint density at radius 3 is 1.43 bits per heavy atom. The summed E-state index contributed by atoms with van der Waals surface area (Å²) in [5.74, 6) is 0. The van der Waals surface area contributed by atoms with Gasteiger partial charge in [-0.15, -0.1) is 0 Å². The van der Waals surface area contributed by atoms with E-state index in [2.05, 4.69) is 156 Å². The van der Waals surface area contributed by atoms with Gasteiger partial charge in [0.15, 0.2) is 0 Å². The molecule has 2 heterocycles. The van der Waals surface area contributed by atoms with Crippen LogP contribution in [0.5, 0.6) is 0 Å². The molecule has 0 saturated carbocycles. The first-order chi connectivity index (χ1) is 19.7. The maximum atomic E-state index is 2.47. The number of aryl methyl sites for hydroxylation is 2. The maximum absolute atomic E-state index is 2.47. The highest BCUT2D eigenvalue weighted by Gasteiger charge is 2.21. The van der Waals surface area contributed by atoms with Crippen molar-refractivity contribution >= 4 is 43.6 Å². The van der Waals surface area contributed by atoms with Crippen LogP contribution in [0.1, 0.15) is 11.1 Å². The zero-order valence-corrected chi connectivity index (χ0v) is 22.6. The molecule has 0 fully saturated rings. The summed E-state index contributed by atoms with van der Waals surface area (Å²) in [4.78, 5) is 0. The highest BCUT2D eigenvalue weighted by Crippen LogP contribution is 2.42. The van der Waals surface area contributed by atoms with Crippen molar-refractivity contribution in [2.75, 3.05) is 0 Å². The van der Waals surface area contributed by atoms with Crippen LogP contribution in [0.4, 0.5) is 0 Å². The Morgan fingerprint density at radius 2 is 0.850 bits per heavy atom. The number of nitrogens with zero attached hydrogens (tertiary/aromatic N) is 2. The predicted molar refractivity (Wildman–Crippen MR) is 170 cm³/mol. The van der Waals surface area contributed by atoms with Crippen molar-refractivity contribution in [1.82, 2.24) is 9.13 Å². The van der Waals surface area contributed by atoms with Crippen LogP contribution in [-0.4, -0.2) is 9.13 Å². The van der Waals surface area contributed by atoms with E-state index in [0.717, 1.165) is 0 Å². The van der Waals surface area contributed by atoms with E-state index in [0.29, 0.717) is 0 Å². The number of benzene rings is 6. The Hall–Kier alpha value is -5.08. The van der Waals surface area contributed by atoms with Crippen LogP contribution in [0.15, 0.2) is 133 Å². The maximum Gasteiger partial charge on any atom is 0.0788 e. The van der Waals surface area contributed by atoms with Crippen LogP contribution in [0.25, 0.3) is 66.1 Å². The minimum Gasteiger partial charge on any atom is -0.307 e. The van der Waals surface area contributed by atoms with Crippen molar-refractivity contribution in [3.05, 3.63) is 145 Å². The van der Waals surface area contributed by atoms with Crippen molar-refractivity contribution in [3.63, 3.8) is 0 Å². The van der Waals surface area contributed by atoms with Gasteiger partial charge in [0.05, 0.1) is 22.1 Å². The first-order valence-electron chi connectivity index (χ1n) is 13.9. The van der Waals surface area contributed by atoms with Gasteiger partial charge in [-0.3, -0.25) is 0 Å². The van der Waals surface area contributed by atoms with Crippen LogP contribution >= 0.6 is 0 Å². The van der Waals surface area contributed by atoms with Gasteiger partial charge in [-0.2, -0.15) is 0 Å². The molecule has 0 N–H and O–H groups in total. The molecule has 190 valence electrons. The fourth-order valence-corrected chi connectivity index (χ4v) is 6.45. The van der Waals surface area contributed by atoms with Gasteiger partial charge in [-0.05, 0) is 66.9 Å². The first kappa shape index (κ1) is 22.9. The standard InChI is InChI=1S/C38H28N2/c1-25-10-7-12-27(22-25)28-13-9-15-30(24-28)40-36-19-6-4-17-32(36)34-21-20-33-31-16-3-5-18-35(31)39(37(33)38(34)40)29-14-8-11-26(2)23-29/h3-24H,1-2H3. The van der Waals surface area contributed by atoms with E-state index in [-0.39, 0.29) is 0 Å². The molecule has 6 aromatic carbocycles. The number of hydrogen-bond donors (Lipinski definition) is 0. The summed E-state index contributed by atoms with van der Waals surface area (Å²) < 4.78 is 4.93. The van der Waals surface area contributed by atoms with Crippen molar-refractivity contribution in [1.29, 1.82) is 0 Å². The van der Waals surface area contributed by atoms with E-state index >= 15 is 0 Å². The Labute approximate surface area is 233 Å². The molecule has 2 nitrogen and oxygen atoms in total. The summed E-state index contributed by atoms with van der Waals surface area (Å²) in [6.45, 7) is 4.32. The van der Waals surface area contributed by atoms with E-state index in [1.54, 1.807) is 0 Å². The van der Waals surface area contributed by atoms with E-state index in [4.69, 9.17) is 0 Å². The lowest BCUT2D eigenvalue weighted by Gasteiger charge is -2.14. The molecule has 0 amide bonds. The van der Waals surface area contributed by atoms with E-state index in [1.807, 2.05) is 0 Å². The first-order valence-corrected chi connectivity index (χ1v) is 13.9.